The van der Waals surface area contributed by atoms with Crippen molar-refractivity contribution in [1.82, 2.24) is 0 Å². The molecule has 1 aromatic heterocycles. The van der Waals surface area contributed by atoms with Crippen LogP contribution in [0.1, 0.15) is 55.1 Å². The minimum atomic E-state index is -0.506. The van der Waals surface area contributed by atoms with Crippen molar-refractivity contribution in [2.75, 3.05) is 12.4 Å². The zero-order valence-electron chi connectivity index (χ0n) is 14.1. The largest absolute Gasteiger partial charge is 0.465 e. The van der Waals surface area contributed by atoms with Crippen molar-refractivity contribution >= 4 is 28.2 Å². The number of hydrogen-bond acceptors (Lipinski definition) is 5. The van der Waals surface area contributed by atoms with Gasteiger partial charge in [0.1, 0.15) is 15.9 Å². The predicted molar refractivity (Wildman–Crippen MR) is 96.1 cm³/mol. The topological polar surface area (TPSA) is 79.2 Å². The monoisotopic (exact) mass is 354 g/mol. The summed E-state index contributed by atoms with van der Waals surface area (Å²) >= 11 is 1.07. The van der Waals surface area contributed by atoms with Crippen LogP contribution in [0.2, 0.25) is 0 Å². The number of aryl methyl sites for hydroxylation is 2. The number of benzene rings is 1. The Kier molecular flexibility index (Phi) is 4.86. The van der Waals surface area contributed by atoms with Gasteiger partial charge in [0.25, 0.3) is 5.91 Å². The molecule has 5 nitrogen and oxygen atoms in total. The second kappa shape index (κ2) is 7.08. The third kappa shape index (κ3) is 3.28. The fraction of sp³-hybridized carbons (Fsp3) is 0.316. The lowest BCUT2D eigenvalue weighted by Crippen LogP contribution is -2.13. The van der Waals surface area contributed by atoms with Crippen molar-refractivity contribution in [2.24, 2.45) is 0 Å². The van der Waals surface area contributed by atoms with E-state index in [1.54, 1.807) is 6.92 Å². The van der Waals surface area contributed by atoms with Gasteiger partial charge in [0, 0.05) is 5.56 Å². The molecule has 128 valence electrons. The van der Waals surface area contributed by atoms with E-state index in [4.69, 9.17) is 4.74 Å². The quantitative estimate of drug-likeness (QED) is 0.849. The fourth-order valence-corrected chi connectivity index (χ4v) is 4.14. The molecule has 1 N–H and O–H groups in total. The molecule has 0 bridgehead atoms. The summed E-state index contributed by atoms with van der Waals surface area (Å²) in [5.74, 6) is -0.782. The van der Waals surface area contributed by atoms with Gasteiger partial charge in [0.15, 0.2) is 0 Å². The Bertz CT molecular complexity index is 893. The zero-order chi connectivity index (χ0) is 18.0. The summed E-state index contributed by atoms with van der Waals surface area (Å²) in [6.45, 7) is 1.68. The number of nitriles is 1. The van der Waals surface area contributed by atoms with Crippen LogP contribution in [0.3, 0.4) is 0 Å². The van der Waals surface area contributed by atoms with Gasteiger partial charge in [-0.2, -0.15) is 5.26 Å². The summed E-state index contributed by atoms with van der Waals surface area (Å²) < 4.78 is 4.73. The Hall–Kier alpha value is -2.65. The molecule has 25 heavy (non-hydrogen) atoms. The number of methoxy groups -OCH3 is 1. The van der Waals surface area contributed by atoms with Gasteiger partial charge in [-0.3, -0.25) is 4.79 Å². The maximum absolute atomic E-state index is 12.6. The number of esters is 1. The smallest absolute Gasteiger partial charge is 0.348 e. The summed E-state index contributed by atoms with van der Waals surface area (Å²) in [6.07, 6.45) is 4.38. The van der Waals surface area contributed by atoms with Gasteiger partial charge in [-0.15, -0.1) is 11.3 Å². The van der Waals surface area contributed by atoms with E-state index in [1.807, 2.05) is 18.2 Å². The first-order valence-corrected chi connectivity index (χ1v) is 8.91. The highest BCUT2D eigenvalue weighted by Gasteiger charge is 2.22. The van der Waals surface area contributed by atoms with Gasteiger partial charge in [0.2, 0.25) is 0 Å². The summed E-state index contributed by atoms with van der Waals surface area (Å²) in [6, 6.07) is 7.81. The molecule has 3 rings (SSSR count). The van der Waals surface area contributed by atoms with Crippen molar-refractivity contribution < 1.29 is 14.3 Å². The number of carbonyl (C=O) groups is 2. The number of carbonyl (C=O) groups excluding carboxylic acids is 2. The third-order valence-electron chi connectivity index (χ3n) is 4.47. The number of thiophene rings is 1. The molecule has 1 aliphatic rings. The first-order chi connectivity index (χ1) is 12.0. The molecule has 1 aliphatic carbocycles. The number of fused-ring (bicyclic) bond motifs is 1. The summed E-state index contributed by atoms with van der Waals surface area (Å²) in [5, 5.41) is 12.5. The van der Waals surface area contributed by atoms with Crippen molar-refractivity contribution in [3.05, 3.63) is 50.9 Å². The number of ether oxygens (including phenoxy) is 1. The molecule has 0 atom stereocenters. The Morgan fingerprint density at radius 3 is 2.64 bits per heavy atom. The lowest BCUT2D eigenvalue weighted by atomic mass is 9.90. The standard InChI is InChI=1S/C19H18N2O3S/c1-11-15(10-20)18(25-16(11)19(23)24-2)21-17(22)14-8-7-12-5-3-4-6-13(12)9-14/h7-9H,3-6H2,1-2H3,(H,21,22). The highest BCUT2D eigenvalue weighted by atomic mass is 32.1. The van der Waals surface area contributed by atoms with Crippen molar-refractivity contribution in [1.29, 1.82) is 5.26 Å². The van der Waals surface area contributed by atoms with Crippen LogP contribution in [0, 0.1) is 18.3 Å². The molecule has 1 amide bonds. The van der Waals surface area contributed by atoms with E-state index in [1.165, 1.54) is 24.7 Å². The minimum Gasteiger partial charge on any atom is -0.465 e. The van der Waals surface area contributed by atoms with Crippen LogP contribution >= 0.6 is 11.3 Å². The van der Waals surface area contributed by atoms with E-state index in [9.17, 15) is 14.9 Å². The highest BCUT2D eigenvalue weighted by molar-refractivity contribution is 7.18. The molecule has 0 spiro atoms. The number of nitrogens with one attached hydrogen (secondary N) is 1. The molecule has 2 aromatic rings. The number of nitrogens with zero attached hydrogens (tertiary/aromatic N) is 1. The van der Waals surface area contributed by atoms with E-state index >= 15 is 0 Å². The molecule has 0 radical (unpaired) electrons. The number of hydrogen-bond donors (Lipinski definition) is 1. The lowest BCUT2D eigenvalue weighted by molar-refractivity contribution is 0.0605. The van der Waals surface area contributed by atoms with Crippen LogP contribution in [-0.2, 0) is 17.6 Å². The van der Waals surface area contributed by atoms with E-state index in [0.29, 0.717) is 26.6 Å². The molecular weight excluding hydrogens is 336 g/mol. The van der Waals surface area contributed by atoms with Gasteiger partial charge in [0.05, 0.1) is 12.7 Å². The molecule has 0 unspecified atom stereocenters. The van der Waals surface area contributed by atoms with Gasteiger partial charge < -0.3 is 10.1 Å². The third-order valence-corrected chi connectivity index (χ3v) is 5.65. The van der Waals surface area contributed by atoms with E-state index in [2.05, 4.69) is 11.4 Å². The minimum absolute atomic E-state index is 0.275. The molecule has 1 heterocycles. The first kappa shape index (κ1) is 17.2. The van der Waals surface area contributed by atoms with Crippen LogP contribution in [0.25, 0.3) is 0 Å². The summed E-state index contributed by atoms with van der Waals surface area (Å²) in [7, 11) is 1.29. The lowest BCUT2D eigenvalue weighted by Gasteiger charge is -2.16. The zero-order valence-corrected chi connectivity index (χ0v) is 15.0. The second-order valence-corrected chi connectivity index (χ2v) is 7.03. The molecule has 1 aromatic carbocycles. The SMILES string of the molecule is COC(=O)c1sc(NC(=O)c2ccc3c(c2)CCCC3)c(C#N)c1C. The number of anilines is 1. The van der Waals surface area contributed by atoms with E-state index in [0.717, 1.165) is 30.6 Å². The molecule has 0 fully saturated rings. The van der Waals surface area contributed by atoms with E-state index < -0.39 is 5.97 Å². The number of rotatable bonds is 3. The van der Waals surface area contributed by atoms with Gasteiger partial charge in [-0.25, -0.2) is 4.79 Å². The average molecular weight is 354 g/mol. The number of amides is 1. The van der Waals surface area contributed by atoms with Crippen molar-refractivity contribution in [3.8, 4) is 6.07 Å². The Labute approximate surface area is 150 Å². The van der Waals surface area contributed by atoms with Gasteiger partial charge >= 0.3 is 5.97 Å². The van der Waals surface area contributed by atoms with Crippen molar-refractivity contribution in [2.45, 2.75) is 32.6 Å². The maximum Gasteiger partial charge on any atom is 0.348 e. The van der Waals surface area contributed by atoms with Crippen LogP contribution in [0.4, 0.5) is 5.00 Å². The Morgan fingerprint density at radius 1 is 1.24 bits per heavy atom. The normalized spacial score (nSPS) is 12.8. The van der Waals surface area contributed by atoms with Crippen LogP contribution in [0.15, 0.2) is 18.2 Å². The summed E-state index contributed by atoms with van der Waals surface area (Å²) in [4.78, 5) is 24.7. The maximum atomic E-state index is 12.6. The summed E-state index contributed by atoms with van der Waals surface area (Å²) in [5.41, 5.74) is 3.92. The van der Waals surface area contributed by atoms with Crippen LogP contribution in [0.5, 0.6) is 0 Å². The van der Waals surface area contributed by atoms with Crippen molar-refractivity contribution in [3.63, 3.8) is 0 Å². The Morgan fingerprint density at radius 2 is 1.96 bits per heavy atom. The van der Waals surface area contributed by atoms with Gasteiger partial charge in [-0.1, -0.05) is 6.07 Å². The van der Waals surface area contributed by atoms with Gasteiger partial charge in [-0.05, 0) is 61.4 Å². The van der Waals surface area contributed by atoms with Crippen LogP contribution < -0.4 is 5.32 Å². The molecule has 0 aliphatic heterocycles. The molecule has 6 heteroatoms. The molecule has 0 saturated carbocycles. The fourth-order valence-electron chi connectivity index (χ4n) is 3.07. The van der Waals surface area contributed by atoms with Crippen LogP contribution in [-0.4, -0.2) is 19.0 Å². The highest BCUT2D eigenvalue weighted by Crippen LogP contribution is 2.33. The Balaban J connectivity index is 1.88. The average Bonchev–Trinajstić information content (AvgIpc) is 2.95. The van der Waals surface area contributed by atoms with E-state index in [-0.39, 0.29) is 5.91 Å². The molecule has 0 saturated heterocycles. The second-order valence-electron chi connectivity index (χ2n) is 6.01. The predicted octanol–water partition coefficient (Wildman–Crippen LogP) is 3.85. The first-order valence-electron chi connectivity index (χ1n) is 8.10. The molecular formula is C19H18N2O3S.